The van der Waals surface area contributed by atoms with Crippen LogP contribution in [0.15, 0.2) is 18.5 Å². The first-order chi connectivity index (χ1) is 8.36. The lowest BCUT2D eigenvalue weighted by atomic mass is 10.3. The van der Waals surface area contributed by atoms with Gasteiger partial charge in [0.1, 0.15) is 0 Å². The maximum absolute atomic E-state index is 5.75. The average Bonchev–Trinajstić information content (AvgIpc) is 2.38. The van der Waals surface area contributed by atoms with Gasteiger partial charge in [0.05, 0.1) is 31.7 Å². The van der Waals surface area contributed by atoms with E-state index >= 15 is 0 Å². The molecule has 0 unspecified atom stereocenters. The van der Waals surface area contributed by atoms with Crippen molar-refractivity contribution in [3.05, 3.63) is 18.5 Å². The van der Waals surface area contributed by atoms with Crippen LogP contribution in [-0.2, 0) is 4.74 Å². The molecule has 1 saturated heterocycles. The van der Waals surface area contributed by atoms with Gasteiger partial charge < -0.3 is 15.2 Å². The molecule has 1 aromatic rings. The highest BCUT2D eigenvalue weighted by Crippen LogP contribution is 2.18. The summed E-state index contributed by atoms with van der Waals surface area (Å²) < 4.78 is 10.9. The third-order valence-corrected chi connectivity index (χ3v) is 2.80. The minimum atomic E-state index is 0.645. The molecule has 17 heavy (non-hydrogen) atoms. The third kappa shape index (κ3) is 3.87. The van der Waals surface area contributed by atoms with E-state index in [1.165, 1.54) is 0 Å². The van der Waals surface area contributed by atoms with Crippen LogP contribution < -0.4 is 10.5 Å². The quantitative estimate of drug-likeness (QED) is 0.766. The van der Waals surface area contributed by atoms with Crippen LogP contribution in [-0.4, -0.2) is 49.3 Å². The monoisotopic (exact) mass is 237 g/mol. The Morgan fingerprint density at radius 1 is 1.41 bits per heavy atom. The standard InChI is InChI=1S/C12H19N3O2/c13-11-2-3-14-10-12(11)17-7-1-4-15-5-8-16-9-6-15/h2-3,10H,1,4-9H2,(H2,13,14). The van der Waals surface area contributed by atoms with Gasteiger partial charge in [0.15, 0.2) is 5.75 Å². The van der Waals surface area contributed by atoms with Crippen molar-refractivity contribution in [1.29, 1.82) is 0 Å². The molecule has 0 saturated carbocycles. The molecular weight excluding hydrogens is 218 g/mol. The summed E-state index contributed by atoms with van der Waals surface area (Å²) in [6.45, 7) is 5.45. The summed E-state index contributed by atoms with van der Waals surface area (Å²) in [5.41, 5.74) is 6.40. The van der Waals surface area contributed by atoms with E-state index in [9.17, 15) is 0 Å². The summed E-state index contributed by atoms with van der Waals surface area (Å²) >= 11 is 0. The average molecular weight is 237 g/mol. The van der Waals surface area contributed by atoms with Crippen molar-refractivity contribution >= 4 is 5.69 Å². The van der Waals surface area contributed by atoms with Gasteiger partial charge in [-0.15, -0.1) is 0 Å². The Kier molecular flexibility index (Phi) is 4.58. The van der Waals surface area contributed by atoms with Gasteiger partial charge in [-0.25, -0.2) is 0 Å². The first kappa shape index (κ1) is 12.1. The second-order valence-electron chi connectivity index (χ2n) is 4.07. The van der Waals surface area contributed by atoms with E-state index in [2.05, 4.69) is 9.88 Å². The van der Waals surface area contributed by atoms with Gasteiger partial charge in [-0.1, -0.05) is 0 Å². The van der Waals surface area contributed by atoms with Crippen LogP contribution in [0.25, 0.3) is 0 Å². The Morgan fingerprint density at radius 3 is 3.00 bits per heavy atom. The third-order valence-electron chi connectivity index (χ3n) is 2.80. The number of nitrogens with two attached hydrogens (primary N) is 1. The van der Waals surface area contributed by atoms with Gasteiger partial charge in [0, 0.05) is 25.8 Å². The highest BCUT2D eigenvalue weighted by molar-refractivity contribution is 5.49. The normalized spacial score (nSPS) is 16.9. The maximum atomic E-state index is 5.75. The molecule has 0 aromatic carbocycles. The molecule has 0 aliphatic carbocycles. The number of morpholine rings is 1. The lowest BCUT2D eigenvalue weighted by Gasteiger charge is -2.26. The second kappa shape index (κ2) is 6.42. The summed E-state index contributed by atoms with van der Waals surface area (Å²) in [5.74, 6) is 0.675. The molecule has 2 N–H and O–H groups in total. The van der Waals surface area contributed by atoms with Crippen molar-refractivity contribution in [2.45, 2.75) is 6.42 Å². The van der Waals surface area contributed by atoms with Crippen LogP contribution in [0.5, 0.6) is 5.75 Å². The van der Waals surface area contributed by atoms with Crippen LogP contribution in [0.4, 0.5) is 5.69 Å². The Hall–Kier alpha value is -1.33. The molecule has 1 aliphatic rings. The Morgan fingerprint density at radius 2 is 2.24 bits per heavy atom. The highest BCUT2D eigenvalue weighted by atomic mass is 16.5. The van der Waals surface area contributed by atoms with Crippen molar-refractivity contribution in [3.8, 4) is 5.75 Å². The molecule has 1 aromatic heterocycles. The molecule has 1 aliphatic heterocycles. The smallest absolute Gasteiger partial charge is 0.160 e. The van der Waals surface area contributed by atoms with E-state index in [0.717, 1.165) is 39.3 Å². The lowest BCUT2D eigenvalue weighted by Crippen LogP contribution is -2.37. The van der Waals surface area contributed by atoms with E-state index in [1.807, 2.05) is 0 Å². The predicted molar refractivity (Wildman–Crippen MR) is 66.0 cm³/mol. The molecule has 94 valence electrons. The number of hydrogen-bond acceptors (Lipinski definition) is 5. The van der Waals surface area contributed by atoms with Crippen LogP contribution >= 0.6 is 0 Å². The van der Waals surface area contributed by atoms with Crippen molar-refractivity contribution in [3.63, 3.8) is 0 Å². The fourth-order valence-corrected chi connectivity index (χ4v) is 1.81. The second-order valence-corrected chi connectivity index (χ2v) is 4.07. The first-order valence-electron chi connectivity index (χ1n) is 5.98. The van der Waals surface area contributed by atoms with E-state index in [4.69, 9.17) is 15.2 Å². The minimum Gasteiger partial charge on any atom is -0.490 e. The van der Waals surface area contributed by atoms with Crippen molar-refractivity contribution in [2.75, 3.05) is 45.2 Å². The number of nitrogen functional groups attached to an aromatic ring is 1. The van der Waals surface area contributed by atoms with Crippen LogP contribution in [0.3, 0.4) is 0 Å². The summed E-state index contributed by atoms with van der Waals surface area (Å²) in [4.78, 5) is 6.37. The Balaban J connectivity index is 1.64. The number of pyridine rings is 1. The number of rotatable bonds is 5. The van der Waals surface area contributed by atoms with Crippen LogP contribution in [0, 0.1) is 0 Å². The van der Waals surface area contributed by atoms with Crippen molar-refractivity contribution in [1.82, 2.24) is 9.88 Å². The van der Waals surface area contributed by atoms with E-state index in [-0.39, 0.29) is 0 Å². The number of hydrogen-bond donors (Lipinski definition) is 1. The molecular formula is C12H19N3O2. The number of aromatic nitrogens is 1. The molecule has 5 heteroatoms. The van der Waals surface area contributed by atoms with Crippen LogP contribution in [0.2, 0.25) is 0 Å². The highest BCUT2D eigenvalue weighted by Gasteiger charge is 2.09. The molecule has 0 atom stereocenters. The molecule has 0 amide bonds. The first-order valence-corrected chi connectivity index (χ1v) is 5.98. The van der Waals surface area contributed by atoms with Gasteiger partial charge in [-0.3, -0.25) is 9.88 Å². The zero-order valence-electron chi connectivity index (χ0n) is 9.97. The number of anilines is 1. The fourth-order valence-electron chi connectivity index (χ4n) is 1.81. The van der Waals surface area contributed by atoms with Crippen molar-refractivity contribution < 1.29 is 9.47 Å². The SMILES string of the molecule is Nc1ccncc1OCCCN1CCOCC1. The summed E-state index contributed by atoms with van der Waals surface area (Å²) in [6, 6.07) is 1.75. The maximum Gasteiger partial charge on any atom is 0.160 e. The van der Waals surface area contributed by atoms with Gasteiger partial charge in [-0.2, -0.15) is 0 Å². The van der Waals surface area contributed by atoms with E-state index in [1.54, 1.807) is 18.5 Å². The fraction of sp³-hybridized carbons (Fsp3) is 0.583. The van der Waals surface area contributed by atoms with Gasteiger partial charge >= 0.3 is 0 Å². The lowest BCUT2D eigenvalue weighted by molar-refractivity contribution is 0.0358. The van der Waals surface area contributed by atoms with Crippen LogP contribution in [0.1, 0.15) is 6.42 Å². The molecule has 1 fully saturated rings. The Labute approximate surface area is 102 Å². The summed E-state index contributed by atoms with van der Waals surface area (Å²) in [6.07, 6.45) is 4.31. The molecule has 2 heterocycles. The molecule has 2 rings (SSSR count). The predicted octanol–water partition coefficient (Wildman–Crippen LogP) is 0.765. The topological polar surface area (TPSA) is 60.6 Å². The Bertz CT molecular complexity index is 340. The van der Waals surface area contributed by atoms with Gasteiger partial charge in [-0.05, 0) is 12.5 Å². The van der Waals surface area contributed by atoms with E-state index in [0.29, 0.717) is 18.0 Å². The zero-order valence-corrected chi connectivity index (χ0v) is 9.97. The summed E-state index contributed by atoms with van der Waals surface area (Å²) in [7, 11) is 0. The van der Waals surface area contributed by atoms with Gasteiger partial charge in [0.25, 0.3) is 0 Å². The molecule has 0 spiro atoms. The number of nitrogens with zero attached hydrogens (tertiary/aromatic N) is 2. The molecule has 5 nitrogen and oxygen atoms in total. The van der Waals surface area contributed by atoms with Gasteiger partial charge in [0.2, 0.25) is 0 Å². The molecule has 0 bridgehead atoms. The number of ether oxygens (including phenoxy) is 2. The molecule has 0 radical (unpaired) electrons. The largest absolute Gasteiger partial charge is 0.490 e. The zero-order chi connectivity index (χ0) is 11.9. The minimum absolute atomic E-state index is 0.645. The summed E-state index contributed by atoms with van der Waals surface area (Å²) in [5, 5.41) is 0. The van der Waals surface area contributed by atoms with Crippen molar-refractivity contribution in [2.24, 2.45) is 0 Å². The van der Waals surface area contributed by atoms with E-state index < -0.39 is 0 Å².